The lowest BCUT2D eigenvalue weighted by molar-refractivity contribution is 0.373. The predicted molar refractivity (Wildman–Crippen MR) is 125 cm³/mol. The third-order valence-electron chi connectivity index (χ3n) is 4.81. The van der Waals surface area contributed by atoms with Crippen LogP contribution in [0.3, 0.4) is 0 Å². The summed E-state index contributed by atoms with van der Waals surface area (Å²) in [5.41, 5.74) is 3.76. The summed E-state index contributed by atoms with van der Waals surface area (Å²) in [6.45, 7) is 2.00. The second kappa shape index (κ2) is 8.99. The molecule has 0 aliphatic carbocycles. The molecule has 0 bridgehead atoms. The Morgan fingerprint density at radius 2 is 1.72 bits per heavy atom. The van der Waals surface area contributed by atoms with E-state index in [-0.39, 0.29) is 17.2 Å². The minimum absolute atomic E-state index is 0.0175. The van der Waals surface area contributed by atoms with E-state index in [0.717, 1.165) is 11.3 Å². The van der Waals surface area contributed by atoms with Crippen molar-refractivity contribution in [2.75, 3.05) is 7.11 Å². The number of phenols is 3. The zero-order chi connectivity index (χ0) is 22.7. The SMILES string of the molecule is COc1ccc(/C=N/N=c2\scc(-c3cc(O)ccc3O)n2-c2ccc(C)cc2)cc1O. The maximum atomic E-state index is 10.4. The van der Waals surface area contributed by atoms with Crippen LogP contribution in [0.1, 0.15) is 11.1 Å². The van der Waals surface area contributed by atoms with Gasteiger partial charge in [-0.25, -0.2) is 0 Å². The van der Waals surface area contributed by atoms with Crippen molar-refractivity contribution in [2.45, 2.75) is 6.92 Å². The average molecular weight is 448 g/mol. The Morgan fingerprint density at radius 3 is 2.44 bits per heavy atom. The minimum Gasteiger partial charge on any atom is -0.508 e. The van der Waals surface area contributed by atoms with Crippen LogP contribution >= 0.6 is 11.3 Å². The van der Waals surface area contributed by atoms with Gasteiger partial charge in [-0.15, -0.1) is 16.4 Å². The first kappa shape index (κ1) is 21.2. The molecule has 162 valence electrons. The number of aromatic nitrogens is 1. The van der Waals surface area contributed by atoms with E-state index in [1.54, 1.807) is 12.1 Å². The Kier molecular flexibility index (Phi) is 5.96. The number of methoxy groups -OCH3 is 1. The molecule has 3 N–H and O–H groups in total. The zero-order valence-electron chi connectivity index (χ0n) is 17.4. The Labute approximate surface area is 188 Å². The van der Waals surface area contributed by atoms with Crippen molar-refractivity contribution in [3.8, 4) is 39.9 Å². The fraction of sp³-hybridized carbons (Fsp3) is 0.0833. The Hall–Kier alpha value is -4.04. The first-order valence-electron chi connectivity index (χ1n) is 9.70. The predicted octanol–water partition coefficient (Wildman–Crippen LogP) is 4.57. The number of thiazole rings is 1. The molecule has 1 aromatic heterocycles. The number of aryl methyl sites for hydroxylation is 1. The van der Waals surface area contributed by atoms with Gasteiger partial charge >= 0.3 is 0 Å². The number of aromatic hydroxyl groups is 3. The molecule has 0 amide bonds. The second-order valence-electron chi connectivity index (χ2n) is 7.05. The van der Waals surface area contributed by atoms with Crippen molar-refractivity contribution in [1.29, 1.82) is 0 Å². The molecular weight excluding hydrogens is 426 g/mol. The Bertz CT molecular complexity index is 1350. The average Bonchev–Trinajstić information content (AvgIpc) is 3.20. The summed E-state index contributed by atoms with van der Waals surface area (Å²) < 4.78 is 6.91. The summed E-state index contributed by atoms with van der Waals surface area (Å²) in [7, 11) is 1.49. The van der Waals surface area contributed by atoms with Crippen LogP contribution in [0.5, 0.6) is 23.0 Å². The van der Waals surface area contributed by atoms with Gasteiger partial charge in [0.25, 0.3) is 0 Å². The van der Waals surface area contributed by atoms with Crippen molar-refractivity contribution in [2.24, 2.45) is 10.2 Å². The molecule has 4 rings (SSSR count). The van der Waals surface area contributed by atoms with Gasteiger partial charge in [0, 0.05) is 16.6 Å². The molecule has 0 atom stereocenters. The fourth-order valence-corrected chi connectivity index (χ4v) is 4.03. The first-order valence-corrected chi connectivity index (χ1v) is 10.6. The smallest absolute Gasteiger partial charge is 0.215 e. The van der Waals surface area contributed by atoms with Gasteiger partial charge in [-0.05, 0) is 61.0 Å². The Morgan fingerprint density at radius 1 is 0.938 bits per heavy atom. The molecule has 0 spiro atoms. The fourth-order valence-electron chi connectivity index (χ4n) is 3.17. The van der Waals surface area contributed by atoms with E-state index in [4.69, 9.17) is 4.74 Å². The van der Waals surface area contributed by atoms with Gasteiger partial charge < -0.3 is 20.1 Å². The molecule has 0 fully saturated rings. The topological polar surface area (TPSA) is 99.6 Å². The lowest BCUT2D eigenvalue weighted by Crippen LogP contribution is -2.13. The summed E-state index contributed by atoms with van der Waals surface area (Å²) >= 11 is 1.35. The van der Waals surface area contributed by atoms with Gasteiger partial charge in [-0.1, -0.05) is 17.7 Å². The lowest BCUT2D eigenvalue weighted by atomic mass is 10.1. The van der Waals surface area contributed by atoms with Crippen LogP contribution in [-0.2, 0) is 0 Å². The van der Waals surface area contributed by atoms with Crippen LogP contribution in [0.15, 0.2) is 76.2 Å². The zero-order valence-corrected chi connectivity index (χ0v) is 18.2. The highest BCUT2D eigenvalue weighted by Crippen LogP contribution is 2.34. The molecule has 8 heteroatoms. The molecular formula is C24H21N3O4S. The van der Waals surface area contributed by atoms with E-state index in [1.165, 1.54) is 48.9 Å². The van der Waals surface area contributed by atoms with E-state index in [1.807, 2.05) is 41.1 Å². The van der Waals surface area contributed by atoms with Crippen LogP contribution in [0.4, 0.5) is 0 Å². The molecule has 0 aliphatic rings. The minimum atomic E-state index is 0.0175. The molecule has 0 saturated heterocycles. The van der Waals surface area contributed by atoms with Crippen molar-refractivity contribution in [1.82, 2.24) is 4.57 Å². The molecule has 3 aromatic carbocycles. The highest BCUT2D eigenvalue weighted by Gasteiger charge is 2.14. The highest BCUT2D eigenvalue weighted by molar-refractivity contribution is 7.07. The van der Waals surface area contributed by atoms with Crippen LogP contribution in [-0.4, -0.2) is 33.2 Å². The van der Waals surface area contributed by atoms with Crippen LogP contribution < -0.4 is 9.54 Å². The van der Waals surface area contributed by atoms with Crippen LogP contribution in [0.25, 0.3) is 16.9 Å². The van der Waals surface area contributed by atoms with Gasteiger partial charge in [0.2, 0.25) is 4.80 Å². The standard InChI is InChI=1S/C24H21N3O4S/c1-15-3-6-17(7-4-15)27-20(19-12-18(28)8-9-21(19)29)14-32-24(27)26-25-13-16-5-10-23(31-2)22(30)11-16/h3-14,28-30H,1-2H3/b25-13+,26-24-. The summed E-state index contributed by atoms with van der Waals surface area (Å²) in [6.07, 6.45) is 1.53. The van der Waals surface area contributed by atoms with Gasteiger partial charge in [-0.2, -0.15) is 5.10 Å². The number of benzene rings is 3. The van der Waals surface area contributed by atoms with Gasteiger partial charge in [0.05, 0.1) is 19.0 Å². The number of rotatable bonds is 5. The quantitative estimate of drug-likeness (QED) is 0.237. The number of hydrogen-bond donors (Lipinski definition) is 3. The second-order valence-corrected chi connectivity index (χ2v) is 7.89. The Balaban J connectivity index is 1.82. The summed E-state index contributed by atoms with van der Waals surface area (Å²) in [5.74, 6) is 0.495. The molecule has 7 nitrogen and oxygen atoms in total. The largest absolute Gasteiger partial charge is 0.508 e. The molecule has 0 aliphatic heterocycles. The third kappa shape index (κ3) is 4.35. The van der Waals surface area contributed by atoms with E-state index < -0.39 is 0 Å². The summed E-state index contributed by atoms with van der Waals surface area (Å²) in [4.78, 5) is 0.570. The summed E-state index contributed by atoms with van der Waals surface area (Å²) in [6, 6.07) is 17.2. The van der Waals surface area contributed by atoms with E-state index in [0.29, 0.717) is 27.4 Å². The van der Waals surface area contributed by atoms with E-state index in [2.05, 4.69) is 10.2 Å². The first-order chi connectivity index (χ1) is 15.5. The maximum Gasteiger partial charge on any atom is 0.215 e. The molecule has 4 aromatic rings. The van der Waals surface area contributed by atoms with Crippen molar-refractivity contribution in [3.05, 3.63) is 82.0 Å². The molecule has 32 heavy (non-hydrogen) atoms. The van der Waals surface area contributed by atoms with Crippen LogP contribution in [0, 0.1) is 6.92 Å². The number of hydrogen-bond acceptors (Lipinski definition) is 7. The monoisotopic (exact) mass is 447 g/mol. The molecule has 1 heterocycles. The van der Waals surface area contributed by atoms with Crippen LogP contribution in [0.2, 0.25) is 0 Å². The normalized spacial score (nSPS) is 11.9. The van der Waals surface area contributed by atoms with Crippen molar-refractivity contribution >= 4 is 17.6 Å². The summed E-state index contributed by atoms with van der Waals surface area (Å²) in [5, 5.41) is 40.7. The van der Waals surface area contributed by atoms with Gasteiger partial charge in [-0.3, -0.25) is 4.57 Å². The highest BCUT2D eigenvalue weighted by atomic mass is 32.1. The van der Waals surface area contributed by atoms with Gasteiger partial charge in [0.1, 0.15) is 11.5 Å². The molecule has 0 radical (unpaired) electrons. The maximum absolute atomic E-state index is 10.4. The van der Waals surface area contributed by atoms with E-state index >= 15 is 0 Å². The van der Waals surface area contributed by atoms with E-state index in [9.17, 15) is 15.3 Å². The number of nitrogens with zero attached hydrogens (tertiary/aromatic N) is 3. The van der Waals surface area contributed by atoms with Crippen molar-refractivity contribution in [3.63, 3.8) is 0 Å². The van der Waals surface area contributed by atoms with Crippen molar-refractivity contribution < 1.29 is 20.1 Å². The molecule has 0 saturated carbocycles. The van der Waals surface area contributed by atoms with Gasteiger partial charge in [0.15, 0.2) is 11.5 Å². The number of ether oxygens (including phenoxy) is 1. The lowest BCUT2D eigenvalue weighted by Gasteiger charge is -2.11. The molecule has 0 unspecified atom stereocenters. The third-order valence-corrected chi connectivity index (χ3v) is 5.63. The number of phenolic OH excluding ortho intramolecular Hbond substituents is 3.